The van der Waals surface area contributed by atoms with Crippen LogP contribution in [0.15, 0.2) is 11.6 Å². The van der Waals surface area contributed by atoms with E-state index in [9.17, 15) is 9.59 Å². The van der Waals surface area contributed by atoms with E-state index in [4.69, 9.17) is 14.2 Å². The molecule has 5 nitrogen and oxygen atoms in total. The van der Waals surface area contributed by atoms with Gasteiger partial charge in [0, 0.05) is 26.6 Å². The first-order chi connectivity index (χ1) is 11.1. The van der Waals surface area contributed by atoms with Crippen LogP contribution in [0.1, 0.15) is 44.9 Å². The molecule has 2 rings (SSSR count). The number of methoxy groups -OCH3 is 3. The molecule has 0 heterocycles. The average molecular weight is 324 g/mol. The van der Waals surface area contributed by atoms with Crippen molar-refractivity contribution in [1.29, 1.82) is 0 Å². The normalized spacial score (nSPS) is 28.1. The van der Waals surface area contributed by atoms with Gasteiger partial charge in [-0.3, -0.25) is 9.59 Å². The van der Waals surface area contributed by atoms with Crippen LogP contribution in [0, 0.1) is 17.8 Å². The van der Waals surface area contributed by atoms with Crippen molar-refractivity contribution in [2.24, 2.45) is 17.8 Å². The number of esters is 1. The summed E-state index contributed by atoms with van der Waals surface area (Å²) < 4.78 is 16.0. The summed E-state index contributed by atoms with van der Waals surface area (Å²) >= 11 is 0. The molecule has 130 valence electrons. The van der Waals surface area contributed by atoms with Crippen LogP contribution in [0.4, 0.5) is 0 Å². The smallest absolute Gasteiger partial charge is 0.309 e. The third-order valence-corrected chi connectivity index (χ3v) is 5.28. The van der Waals surface area contributed by atoms with Crippen molar-refractivity contribution in [3.63, 3.8) is 0 Å². The molecule has 2 aliphatic rings. The van der Waals surface area contributed by atoms with Gasteiger partial charge in [-0.05, 0) is 44.1 Å². The summed E-state index contributed by atoms with van der Waals surface area (Å²) in [7, 11) is 4.67. The Bertz CT molecular complexity index is 452. The third kappa shape index (κ3) is 4.42. The highest BCUT2D eigenvalue weighted by molar-refractivity contribution is 5.92. The molecule has 0 unspecified atom stereocenters. The van der Waals surface area contributed by atoms with Crippen molar-refractivity contribution in [3.8, 4) is 0 Å². The molecule has 0 aliphatic heterocycles. The molecule has 3 atom stereocenters. The maximum atomic E-state index is 12.2. The Labute approximate surface area is 138 Å². The molecule has 0 bridgehead atoms. The molecule has 1 saturated carbocycles. The minimum atomic E-state index is -0.399. The number of hydrogen-bond donors (Lipinski definition) is 0. The van der Waals surface area contributed by atoms with Gasteiger partial charge in [0.25, 0.3) is 0 Å². The van der Waals surface area contributed by atoms with Crippen LogP contribution in [0.3, 0.4) is 0 Å². The Morgan fingerprint density at radius 1 is 1.22 bits per heavy atom. The molecule has 0 aromatic heterocycles. The summed E-state index contributed by atoms with van der Waals surface area (Å²) in [5, 5.41) is 0. The predicted octanol–water partition coefficient (Wildman–Crippen LogP) is 2.88. The highest BCUT2D eigenvalue weighted by atomic mass is 16.7. The first-order valence-electron chi connectivity index (χ1n) is 8.46. The molecule has 0 aromatic rings. The van der Waals surface area contributed by atoms with E-state index in [2.05, 4.69) is 0 Å². The van der Waals surface area contributed by atoms with Gasteiger partial charge in [-0.1, -0.05) is 12.0 Å². The lowest BCUT2D eigenvalue weighted by molar-refractivity contribution is -0.185. The Hall–Kier alpha value is -1.20. The lowest BCUT2D eigenvalue weighted by Crippen LogP contribution is -2.43. The number of allylic oxidation sites excluding steroid dienone is 2. The van der Waals surface area contributed by atoms with Gasteiger partial charge < -0.3 is 14.2 Å². The van der Waals surface area contributed by atoms with Crippen LogP contribution >= 0.6 is 0 Å². The zero-order valence-corrected chi connectivity index (χ0v) is 14.4. The molecule has 23 heavy (non-hydrogen) atoms. The zero-order chi connectivity index (χ0) is 16.8. The van der Waals surface area contributed by atoms with Crippen LogP contribution in [-0.2, 0) is 23.8 Å². The SMILES string of the molecule is COC(=O)[C@H]1CCC[C@@H](CCC2=CC(=O)CC2)[C@H]1C(OC)OC. The predicted molar refractivity (Wildman–Crippen MR) is 85.7 cm³/mol. The molecule has 0 spiro atoms. The number of ether oxygens (including phenoxy) is 3. The van der Waals surface area contributed by atoms with Gasteiger partial charge in [0.2, 0.25) is 0 Å². The van der Waals surface area contributed by atoms with E-state index in [1.165, 1.54) is 12.7 Å². The Balaban J connectivity index is 2.08. The summed E-state index contributed by atoms with van der Waals surface area (Å²) in [4.78, 5) is 23.5. The minimum Gasteiger partial charge on any atom is -0.469 e. The highest BCUT2D eigenvalue weighted by Gasteiger charge is 2.43. The first-order valence-corrected chi connectivity index (χ1v) is 8.46. The molecule has 0 radical (unpaired) electrons. The van der Waals surface area contributed by atoms with Crippen LogP contribution < -0.4 is 0 Å². The Morgan fingerprint density at radius 2 is 1.96 bits per heavy atom. The summed E-state index contributed by atoms with van der Waals surface area (Å²) in [6, 6.07) is 0. The van der Waals surface area contributed by atoms with E-state index in [-0.39, 0.29) is 23.6 Å². The molecule has 0 amide bonds. The van der Waals surface area contributed by atoms with Crippen LogP contribution in [0.25, 0.3) is 0 Å². The monoisotopic (exact) mass is 324 g/mol. The van der Waals surface area contributed by atoms with Crippen molar-refractivity contribution in [3.05, 3.63) is 11.6 Å². The number of carbonyl (C=O) groups excluding carboxylic acids is 2. The Morgan fingerprint density at radius 3 is 2.52 bits per heavy atom. The zero-order valence-electron chi connectivity index (χ0n) is 14.4. The first kappa shape index (κ1) is 18.1. The molecule has 0 saturated heterocycles. The van der Waals surface area contributed by atoms with Gasteiger partial charge >= 0.3 is 5.97 Å². The van der Waals surface area contributed by atoms with Crippen LogP contribution in [0.2, 0.25) is 0 Å². The van der Waals surface area contributed by atoms with E-state index in [0.717, 1.165) is 38.5 Å². The van der Waals surface area contributed by atoms with Gasteiger partial charge in [0.15, 0.2) is 12.1 Å². The molecule has 0 aromatic carbocycles. The molecule has 1 fully saturated rings. The van der Waals surface area contributed by atoms with Gasteiger partial charge in [0.05, 0.1) is 13.0 Å². The van der Waals surface area contributed by atoms with Gasteiger partial charge in [-0.2, -0.15) is 0 Å². The molecule has 0 N–H and O–H groups in total. The number of carbonyl (C=O) groups is 2. The Kier molecular flexibility index (Phi) is 6.78. The topological polar surface area (TPSA) is 61.8 Å². The fourth-order valence-corrected chi connectivity index (χ4v) is 4.12. The fraction of sp³-hybridized carbons (Fsp3) is 0.778. The van der Waals surface area contributed by atoms with Crippen molar-refractivity contribution >= 4 is 11.8 Å². The molecular weight excluding hydrogens is 296 g/mol. The summed E-state index contributed by atoms with van der Waals surface area (Å²) in [6.45, 7) is 0. The van der Waals surface area contributed by atoms with E-state index in [1.54, 1.807) is 20.3 Å². The maximum Gasteiger partial charge on any atom is 0.309 e. The van der Waals surface area contributed by atoms with E-state index in [1.807, 2.05) is 0 Å². The van der Waals surface area contributed by atoms with Gasteiger partial charge in [-0.15, -0.1) is 0 Å². The second kappa shape index (κ2) is 8.60. The van der Waals surface area contributed by atoms with Crippen molar-refractivity contribution in [2.45, 2.75) is 51.2 Å². The summed E-state index contributed by atoms with van der Waals surface area (Å²) in [5.74, 6) is 0.231. The van der Waals surface area contributed by atoms with E-state index in [0.29, 0.717) is 12.3 Å². The van der Waals surface area contributed by atoms with Crippen LogP contribution in [-0.4, -0.2) is 39.4 Å². The number of hydrogen-bond acceptors (Lipinski definition) is 5. The van der Waals surface area contributed by atoms with Crippen molar-refractivity contribution < 1.29 is 23.8 Å². The second-order valence-corrected chi connectivity index (χ2v) is 6.55. The largest absolute Gasteiger partial charge is 0.469 e. The minimum absolute atomic E-state index is 0.00362. The van der Waals surface area contributed by atoms with Gasteiger partial charge in [0.1, 0.15) is 0 Å². The molecule has 5 heteroatoms. The number of rotatable bonds is 7. The summed E-state index contributed by atoms with van der Waals surface area (Å²) in [6.07, 6.45) is 7.69. The maximum absolute atomic E-state index is 12.2. The van der Waals surface area contributed by atoms with Crippen molar-refractivity contribution in [2.75, 3.05) is 21.3 Å². The van der Waals surface area contributed by atoms with Crippen LogP contribution in [0.5, 0.6) is 0 Å². The van der Waals surface area contributed by atoms with Gasteiger partial charge in [-0.25, -0.2) is 0 Å². The van der Waals surface area contributed by atoms with E-state index < -0.39 is 6.29 Å². The fourth-order valence-electron chi connectivity index (χ4n) is 4.12. The lowest BCUT2D eigenvalue weighted by Gasteiger charge is -2.40. The van der Waals surface area contributed by atoms with E-state index >= 15 is 0 Å². The number of ketones is 1. The average Bonchev–Trinajstić information content (AvgIpc) is 2.99. The highest BCUT2D eigenvalue weighted by Crippen LogP contribution is 2.42. The lowest BCUT2D eigenvalue weighted by atomic mass is 9.69. The standard InChI is InChI=1S/C18H28O5/c1-21-17(20)15-6-4-5-13(16(15)18(22-2)23-3)9-7-12-8-10-14(19)11-12/h11,13,15-16,18H,4-10H2,1-3H3/t13-,15-,16+/m0/s1. The second-order valence-electron chi connectivity index (χ2n) is 6.55. The third-order valence-electron chi connectivity index (χ3n) is 5.28. The summed E-state index contributed by atoms with van der Waals surface area (Å²) in [5.41, 5.74) is 1.24. The quantitative estimate of drug-likeness (QED) is 0.532. The molecule has 2 aliphatic carbocycles. The molecular formula is C18H28O5. The van der Waals surface area contributed by atoms with Crippen molar-refractivity contribution in [1.82, 2.24) is 0 Å².